The molecule has 0 spiro atoms. The number of hydrogen-bond donors (Lipinski definition) is 1. The summed E-state index contributed by atoms with van der Waals surface area (Å²) in [6, 6.07) is 9.41. The average molecular weight is 203 g/mol. The molecule has 0 saturated heterocycles. The summed E-state index contributed by atoms with van der Waals surface area (Å²) in [7, 11) is 0. The molecule has 76 valence electrons. The van der Waals surface area contributed by atoms with Crippen molar-refractivity contribution in [2.75, 3.05) is 5.43 Å². The lowest BCUT2D eigenvalue weighted by molar-refractivity contribution is -0.115. The monoisotopic (exact) mass is 203 g/mol. The Morgan fingerprint density at radius 2 is 2.07 bits per heavy atom. The zero-order valence-electron chi connectivity index (χ0n) is 8.08. The van der Waals surface area contributed by atoms with Crippen molar-refractivity contribution in [1.29, 1.82) is 0 Å². The number of tetrazole rings is 1. The third kappa shape index (κ3) is 2.16. The third-order valence-electron chi connectivity index (χ3n) is 1.70. The fourth-order valence-corrected chi connectivity index (χ4v) is 1.11. The number of carbonyl (C=O) groups is 1. The Hall–Kier alpha value is -2.24. The lowest BCUT2D eigenvalue weighted by Gasteiger charge is -1.95. The van der Waals surface area contributed by atoms with Gasteiger partial charge in [0.25, 0.3) is 0 Å². The molecule has 0 aliphatic rings. The van der Waals surface area contributed by atoms with E-state index in [2.05, 4.69) is 20.8 Å². The predicted molar refractivity (Wildman–Crippen MR) is 53.3 cm³/mol. The summed E-state index contributed by atoms with van der Waals surface area (Å²) in [6.07, 6.45) is 0. The van der Waals surface area contributed by atoms with Gasteiger partial charge < -0.3 is 0 Å². The van der Waals surface area contributed by atoms with Gasteiger partial charge in [-0.05, 0) is 5.21 Å². The molecule has 2 aromatic rings. The second kappa shape index (κ2) is 3.87. The van der Waals surface area contributed by atoms with E-state index in [1.165, 1.54) is 6.92 Å². The van der Waals surface area contributed by atoms with Gasteiger partial charge in [-0.2, -0.15) is 0 Å². The second-order valence-corrected chi connectivity index (χ2v) is 2.94. The average Bonchev–Trinajstić information content (AvgIpc) is 2.67. The van der Waals surface area contributed by atoms with Crippen LogP contribution < -0.4 is 5.43 Å². The number of hydrogen-bond acceptors (Lipinski definition) is 4. The van der Waals surface area contributed by atoms with E-state index >= 15 is 0 Å². The molecule has 1 N–H and O–H groups in total. The first-order chi connectivity index (χ1) is 7.25. The third-order valence-corrected chi connectivity index (χ3v) is 1.70. The van der Waals surface area contributed by atoms with Crippen LogP contribution >= 0.6 is 0 Å². The van der Waals surface area contributed by atoms with E-state index in [-0.39, 0.29) is 5.91 Å². The fourth-order valence-electron chi connectivity index (χ4n) is 1.11. The van der Waals surface area contributed by atoms with Gasteiger partial charge in [0.2, 0.25) is 11.7 Å². The van der Waals surface area contributed by atoms with Gasteiger partial charge in [0, 0.05) is 12.5 Å². The molecule has 0 bridgehead atoms. The van der Waals surface area contributed by atoms with Crippen LogP contribution in [0.3, 0.4) is 0 Å². The molecule has 1 amide bonds. The Bertz CT molecular complexity index is 464. The van der Waals surface area contributed by atoms with E-state index in [1.807, 2.05) is 30.3 Å². The van der Waals surface area contributed by atoms with Crippen molar-refractivity contribution in [2.24, 2.45) is 0 Å². The highest BCUT2D eigenvalue weighted by atomic mass is 16.2. The summed E-state index contributed by atoms with van der Waals surface area (Å²) in [5.41, 5.74) is 3.24. The Kier molecular flexibility index (Phi) is 2.40. The van der Waals surface area contributed by atoms with Gasteiger partial charge in [-0.3, -0.25) is 4.79 Å². The summed E-state index contributed by atoms with van der Waals surface area (Å²) in [5.74, 6) is 0.233. The molecule has 6 nitrogen and oxygen atoms in total. The van der Waals surface area contributed by atoms with Crippen molar-refractivity contribution < 1.29 is 4.79 Å². The van der Waals surface area contributed by atoms with Gasteiger partial charge in [-0.15, -0.1) is 10.2 Å². The molecule has 0 aliphatic heterocycles. The Morgan fingerprint density at radius 1 is 1.33 bits per heavy atom. The predicted octanol–water partition coefficient (Wildman–Crippen LogP) is 0.430. The first-order valence-electron chi connectivity index (χ1n) is 4.39. The highest BCUT2D eigenvalue weighted by molar-refractivity contribution is 5.80. The number of nitrogens with zero attached hydrogens (tertiary/aromatic N) is 4. The highest BCUT2D eigenvalue weighted by Gasteiger charge is 2.04. The molecule has 0 radical (unpaired) electrons. The number of rotatable bonds is 2. The first-order valence-corrected chi connectivity index (χ1v) is 4.39. The molecular formula is C9H9N5O. The SMILES string of the molecule is CC(=O)Nn1nnc(-c2ccccc2)n1. The van der Waals surface area contributed by atoms with E-state index in [0.29, 0.717) is 5.82 Å². The van der Waals surface area contributed by atoms with E-state index < -0.39 is 0 Å². The fraction of sp³-hybridized carbons (Fsp3) is 0.111. The zero-order chi connectivity index (χ0) is 10.7. The lowest BCUT2D eigenvalue weighted by Crippen LogP contribution is -2.22. The van der Waals surface area contributed by atoms with Crippen LogP contribution in [0.5, 0.6) is 0 Å². The smallest absolute Gasteiger partial charge is 0.238 e. The van der Waals surface area contributed by atoms with Gasteiger partial charge in [0.05, 0.1) is 0 Å². The van der Waals surface area contributed by atoms with Crippen LogP contribution in [0.25, 0.3) is 11.4 Å². The summed E-state index contributed by atoms with van der Waals surface area (Å²) in [4.78, 5) is 11.8. The van der Waals surface area contributed by atoms with Gasteiger partial charge in [0.1, 0.15) is 0 Å². The van der Waals surface area contributed by atoms with Crippen LogP contribution in [0.4, 0.5) is 0 Å². The maximum atomic E-state index is 10.7. The summed E-state index contributed by atoms with van der Waals surface area (Å²) >= 11 is 0. The molecule has 15 heavy (non-hydrogen) atoms. The second-order valence-electron chi connectivity index (χ2n) is 2.94. The Labute approximate surface area is 85.9 Å². The first kappa shape index (κ1) is 9.32. The molecular weight excluding hydrogens is 194 g/mol. The van der Waals surface area contributed by atoms with Crippen LogP contribution in [0.2, 0.25) is 0 Å². The number of carbonyl (C=O) groups excluding carboxylic acids is 1. The van der Waals surface area contributed by atoms with Crippen LogP contribution in [-0.2, 0) is 4.79 Å². The van der Waals surface area contributed by atoms with Crippen LogP contribution in [0.1, 0.15) is 6.92 Å². The summed E-state index contributed by atoms with van der Waals surface area (Å²) in [6.45, 7) is 1.38. The van der Waals surface area contributed by atoms with Crippen molar-refractivity contribution in [3.63, 3.8) is 0 Å². The largest absolute Gasteiger partial charge is 0.273 e. The van der Waals surface area contributed by atoms with Crippen LogP contribution in [0, 0.1) is 0 Å². The molecule has 0 aliphatic carbocycles. The number of benzene rings is 1. The topological polar surface area (TPSA) is 72.7 Å². The zero-order valence-corrected chi connectivity index (χ0v) is 8.08. The molecule has 2 rings (SSSR count). The van der Waals surface area contributed by atoms with Crippen molar-refractivity contribution in [3.8, 4) is 11.4 Å². The molecule has 0 fully saturated rings. The summed E-state index contributed by atoms with van der Waals surface area (Å²) in [5, 5.41) is 11.5. The van der Waals surface area contributed by atoms with E-state index in [0.717, 1.165) is 10.5 Å². The van der Waals surface area contributed by atoms with Crippen molar-refractivity contribution in [2.45, 2.75) is 6.92 Å². The van der Waals surface area contributed by atoms with Gasteiger partial charge >= 0.3 is 0 Å². The highest BCUT2D eigenvalue weighted by Crippen LogP contribution is 2.11. The lowest BCUT2D eigenvalue weighted by atomic mass is 10.2. The molecule has 0 unspecified atom stereocenters. The standard InChI is InChI=1S/C9H9N5O/c1-7(15)11-14-12-9(10-13-14)8-5-3-2-4-6-8/h2-6H,1H3,(H,11,15). The minimum Gasteiger partial charge on any atom is -0.273 e. The summed E-state index contributed by atoms with van der Waals surface area (Å²) < 4.78 is 0. The minimum atomic E-state index is -0.244. The van der Waals surface area contributed by atoms with E-state index in [4.69, 9.17) is 0 Å². The normalized spacial score (nSPS) is 9.93. The molecule has 1 aromatic heterocycles. The van der Waals surface area contributed by atoms with Crippen molar-refractivity contribution in [3.05, 3.63) is 30.3 Å². The Morgan fingerprint density at radius 3 is 2.73 bits per heavy atom. The van der Waals surface area contributed by atoms with Gasteiger partial charge in [-0.25, -0.2) is 5.43 Å². The minimum absolute atomic E-state index is 0.244. The van der Waals surface area contributed by atoms with Crippen molar-refractivity contribution in [1.82, 2.24) is 20.3 Å². The maximum absolute atomic E-state index is 10.7. The quantitative estimate of drug-likeness (QED) is 0.768. The maximum Gasteiger partial charge on any atom is 0.238 e. The molecule has 0 atom stereocenters. The molecule has 6 heteroatoms. The van der Waals surface area contributed by atoms with E-state index in [9.17, 15) is 4.79 Å². The molecule has 0 saturated carbocycles. The number of amides is 1. The van der Waals surface area contributed by atoms with Gasteiger partial charge in [-0.1, -0.05) is 35.2 Å². The van der Waals surface area contributed by atoms with E-state index in [1.54, 1.807) is 0 Å². The Balaban J connectivity index is 2.24. The van der Waals surface area contributed by atoms with Crippen molar-refractivity contribution >= 4 is 5.91 Å². The number of aromatic nitrogens is 4. The molecule has 1 heterocycles. The molecule has 1 aromatic carbocycles. The van der Waals surface area contributed by atoms with Gasteiger partial charge in [0.15, 0.2) is 0 Å². The van der Waals surface area contributed by atoms with Crippen LogP contribution in [-0.4, -0.2) is 26.2 Å². The number of nitrogens with one attached hydrogen (secondary N) is 1. The van der Waals surface area contributed by atoms with Crippen LogP contribution in [0.15, 0.2) is 30.3 Å².